The Morgan fingerprint density at radius 3 is 2.59 bits per heavy atom. The van der Waals surface area contributed by atoms with Gasteiger partial charge in [-0.2, -0.15) is 0 Å². The minimum Gasteiger partial charge on any atom is -0.492 e. The smallest absolute Gasteiger partial charge is 0.325 e. The Labute approximate surface area is 156 Å². The summed E-state index contributed by atoms with van der Waals surface area (Å²) in [4.78, 5) is 30.5. The number of fused-ring (bicyclic) bond motifs is 1. The van der Waals surface area contributed by atoms with Crippen LogP contribution in [0, 0.1) is 0 Å². The van der Waals surface area contributed by atoms with Gasteiger partial charge in [-0.3, -0.25) is 14.7 Å². The number of carbonyl (C=O) groups is 2. The third-order valence-corrected chi connectivity index (χ3v) is 4.76. The molecule has 1 unspecified atom stereocenters. The Morgan fingerprint density at radius 2 is 1.81 bits per heavy atom. The molecule has 1 atom stereocenters. The lowest BCUT2D eigenvalue weighted by molar-refractivity contribution is -0.131. The van der Waals surface area contributed by atoms with Crippen LogP contribution >= 0.6 is 0 Å². The fourth-order valence-corrected chi connectivity index (χ4v) is 3.24. The first-order valence-electron chi connectivity index (χ1n) is 8.75. The van der Waals surface area contributed by atoms with Crippen LogP contribution in [0.25, 0.3) is 10.8 Å². The Bertz CT molecular complexity index is 1010. The van der Waals surface area contributed by atoms with Gasteiger partial charge in [0.05, 0.1) is 12.2 Å². The molecule has 0 radical (unpaired) electrons. The van der Waals surface area contributed by atoms with Crippen molar-refractivity contribution in [3.63, 3.8) is 0 Å². The summed E-state index contributed by atoms with van der Waals surface area (Å²) in [6, 6.07) is 18.7. The van der Waals surface area contributed by atoms with E-state index in [9.17, 15) is 9.59 Å². The molecule has 1 saturated heterocycles. The summed E-state index contributed by atoms with van der Waals surface area (Å²) in [5.74, 6) is 0.376. The van der Waals surface area contributed by atoms with Gasteiger partial charge in [-0.1, -0.05) is 36.4 Å². The average molecular weight is 361 g/mol. The van der Waals surface area contributed by atoms with Crippen molar-refractivity contribution in [1.82, 2.24) is 15.2 Å². The number of urea groups is 1. The second-order valence-electron chi connectivity index (χ2n) is 6.58. The van der Waals surface area contributed by atoms with Crippen LogP contribution in [0.3, 0.4) is 0 Å². The van der Waals surface area contributed by atoms with Gasteiger partial charge in [0.2, 0.25) is 0 Å². The SMILES string of the molecule is CC1(c2ccccn2)NC(=O)N(CCOc2ccc3ccccc3c2)C1=O. The van der Waals surface area contributed by atoms with E-state index in [-0.39, 0.29) is 19.1 Å². The van der Waals surface area contributed by atoms with Crippen molar-refractivity contribution in [2.45, 2.75) is 12.5 Å². The maximum Gasteiger partial charge on any atom is 0.325 e. The largest absolute Gasteiger partial charge is 0.492 e. The van der Waals surface area contributed by atoms with E-state index in [0.29, 0.717) is 11.4 Å². The number of hydrogen-bond acceptors (Lipinski definition) is 4. The van der Waals surface area contributed by atoms with Crippen LogP contribution in [-0.2, 0) is 10.3 Å². The van der Waals surface area contributed by atoms with E-state index >= 15 is 0 Å². The Hall–Kier alpha value is -3.41. The molecule has 0 bridgehead atoms. The normalized spacial score (nSPS) is 19.4. The number of carbonyl (C=O) groups excluding carboxylic acids is 2. The van der Waals surface area contributed by atoms with Crippen molar-refractivity contribution in [2.24, 2.45) is 0 Å². The number of amides is 3. The number of nitrogens with one attached hydrogen (secondary N) is 1. The highest BCUT2D eigenvalue weighted by Crippen LogP contribution is 2.27. The van der Waals surface area contributed by atoms with Gasteiger partial charge in [-0.25, -0.2) is 4.79 Å². The van der Waals surface area contributed by atoms with Gasteiger partial charge >= 0.3 is 6.03 Å². The van der Waals surface area contributed by atoms with Crippen molar-refractivity contribution >= 4 is 22.7 Å². The summed E-state index contributed by atoms with van der Waals surface area (Å²) >= 11 is 0. The molecule has 0 aliphatic carbocycles. The number of hydrogen-bond donors (Lipinski definition) is 1. The van der Waals surface area contributed by atoms with E-state index in [0.717, 1.165) is 10.8 Å². The second-order valence-corrected chi connectivity index (χ2v) is 6.58. The van der Waals surface area contributed by atoms with E-state index in [1.54, 1.807) is 31.3 Å². The van der Waals surface area contributed by atoms with Gasteiger partial charge < -0.3 is 10.1 Å². The first-order valence-corrected chi connectivity index (χ1v) is 8.75. The predicted octanol–water partition coefficient (Wildman–Crippen LogP) is 3.08. The van der Waals surface area contributed by atoms with Gasteiger partial charge in [-0.05, 0) is 42.0 Å². The molecule has 1 aliphatic heterocycles. The van der Waals surface area contributed by atoms with Crippen LogP contribution < -0.4 is 10.1 Å². The lowest BCUT2D eigenvalue weighted by Crippen LogP contribution is -2.42. The van der Waals surface area contributed by atoms with Gasteiger partial charge in [0.25, 0.3) is 5.91 Å². The maximum atomic E-state index is 12.8. The molecule has 1 fully saturated rings. The van der Waals surface area contributed by atoms with E-state index in [1.165, 1.54) is 4.90 Å². The number of imide groups is 1. The second kappa shape index (κ2) is 6.72. The standard InChI is InChI=1S/C21H19N3O3/c1-21(18-8-4-5-11-22-18)19(25)24(20(26)23-21)12-13-27-17-10-9-15-6-2-3-7-16(15)14-17/h2-11,14H,12-13H2,1H3,(H,23,26). The van der Waals surface area contributed by atoms with Crippen LogP contribution in [0.15, 0.2) is 66.9 Å². The molecule has 1 aromatic heterocycles. The molecule has 0 spiro atoms. The molecule has 27 heavy (non-hydrogen) atoms. The van der Waals surface area contributed by atoms with E-state index in [2.05, 4.69) is 10.3 Å². The lowest BCUT2D eigenvalue weighted by atomic mass is 9.97. The van der Waals surface area contributed by atoms with Crippen molar-refractivity contribution in [3.8, 4) is 5.75 Å². The van der Waals surface area contributed by atoms with Gasteiger partial charge in [0.15, 0.2) is 5.54 Å². The van der Waals surface area contributed by atoms with E-state index < -0.39 is 11.6 Å². The Balaban J connectivity index is 1.43. The Kier molecular flexibility index (Phi) is 4.24. The zero-order chi connectivity index (χ0) is 18.9. The summed E-state index contributed by atoms with van der Waals surface area (Å²) in [5.41, 5.74) is -0.636. The minimum atomic E-state index is -1.15. The predicted molar refractivity (Wildman–Crippen MR) is 101 cm³/mol. The number of nitrogens with zero attached hydrogens (tertiary/aromatic N) is 2. The van der Waals surface area contributed by atoms with Gasteiger partial charge in [0, 0.05) is 6.20 Å². The first-order chi connectivity index (χ1) is 13.1. The summed E-state index contributed by atoms with van der Waals surface area (Å²) in [5, 5.41) is 4.94. The topological polar surface area (TPSA) is 71.5 Å². The third-order valence-electron chi connectivity index (χ3n) is 4.76. The number of ether oxygens (including phenoxy) is 1. The molecule has 6 heteroatoms. The number of rotatable bonds is 5. The molecule has 2 aromatic carbocycles. The third kappa shape index (κ3) is 3.10. The van der Waals surface area contributed by atoms with Crippen LogP contribution in [0.4, 0.5) is 4.79 Å². The summed E-state index contributed by atoms with van der Waals surface area (Å²) < 4.78 is 5.76. The highest BCUT2D eigenvalue weighted by molar-refractivity contribution is 6.07. The molecular weight excluding hydrogens is 342 g/mol. The average Bonchev–Trinajstić information content (AvgIpc) is 2.92. The number of benzene rings is 2. The lowest BCUT2D eigenvalue weighted by Gasteiger charge is -2.20. The number of pyridine rings is 1. The summed E-state index contributed by atoms with van der Waals surface area (Å²) in [6.45, 7) is 2.05. The van der Waals surface area contributed by atoms with Crippen molar-refractivity contribution in [2.75, 3.05) is 13.2 Å². The molecule has 4 rings (SSSR count). The van der Waals surface area contributed by atoms with E-state index in [1.807, 2.05) is 42.5 Å². The zero-order valence-corrected chi connectivity index (χ0v) is 14.9. The highest BCUT2D eigenvalue weighted by atomic mass is 16.5. The summed E-state index contributed by atoms with van der Waals surface area (Å²) in [7, 11) is 0. The quantitative estimate of drug-likeness (QED) is 0.709. The minimum absolute atomic E-state index is 0.167. The highest BCUT2D eigenvalue weighted by Gasteiger charge is 2.49. The molecule has 3 amide bonds. The summed E-state index contributed by atoms with van der Waals surface area (Å²) in [6.07, 6.45) is 1.60. The maximum absolute atomic E-state index is 12.8. The van der Waals surface area contributed by atoms with Crippen LogP contribution in [0.5, 0.6) is 5.75 Å². The van der Waals surface area contributed by atoms with Crippen molar-refractivity contribution < 1.29 is 14.3 Å². The fraction of sp³-hybridized carbons (Fsp3) is 0.190. The van der Waals surface area contributed by atoms with Gasteiger partial charge in [-0.15, -0.1) is 0 Å². The number of aromatic nitrogens is 1. The van der Waals surface area contributed by atoms with Crippen molar-refractivity contribution in [3.05, 3.63) is 72.6 Å². The molecule has 6 nitrogen and oxygen atoms in total. The molecule has 0 saturated carbocycles. The molecular formula is C21H19N3O3. The van der Waals surface area contributed by atoms with Crippen LogP contribution in [0.1, 0.15) is 12.6 Å². The molecule has 1 N–H and O–H groups in total. The monoisotopic (exact) mass is 361 g/mol. The first kappa shape index (κ1) is 17.0. The molecule has 2 heterocycles. The molecule has 1 aliphatic rings. The molecule has 3 aromatic rings. The zero-order valence-electron chi connectivity index (χ0n) is 14.9. The molecule has 136 valence electrons. The van der Waals surface area contributed by atoms with E-state index in [4.69, 9.17) is 4.74 Å². The fourth-order valence-electron chi connectivity index (χ4n) is 3.24. The van der Waals surface area contributed by atoms with Gasteiger partial charge in [0.1, 0.15) is 12.4 Å². The Morgan fingerprint density at radius 1 is 1.04 bits per heavy atom. The van der Waals surface area contributed by atoms with Crippen molar-refractivity contribution in [1.29, 1.82) is 0 Å². The van der Waals surface area contributed by atoms with Crippen LogP contribution in [0.2, 0.25) is 0 Å². The van der Waals surface area contributed by atoms with Crippen LogP contribution in [-0.4, -0.2) is 35.0 Å².